The third-order valence-electron chi connectivity index (χ3n) is 3.51. The number of carboxylic acid groups (broad SMARTS) is 1. The summed E-state index contributed by atoms with van der Waals surface area (Å²) < 4.78 is 0. The van der Waals surface area contributed by atoms with E-state index in [-0.39, 0.29) is 6.42 Å². The Bertz CT molecular complexity index is 327. The maximum Gasteiger partial charge on any atom is 0.303 e. The summed E-state index contributed by atoms with van der Waals surface area (Å²) in [7, 11) is 0. The molecule has 0 atom stereocenters. The van der Waals surface area contributed by atoms with Gasteiger partial charge in [-0.3, -0.25) is 4.79 Å². The summed E-state index contributed by atoms with van der Waals surface area (Å²) in [6, 6.07) is 0. The smallest absolute Gasteiger partial charge is 0.303 e. The molecule has 0 saturated carbocycles. The average Bonchev–Trinajstić information content (AvgIpc) is 2.50. The van der Waals surface area contributed by atoms with Gasteiger partial charge in [-0.15, -0.1) is 0 Å². The third kappa shape index (κ3) is 18.7. The van der Waals surface area contributed by atoms with Crippen LogP contribution in [0.5, 0.6) is 0 Å². The van der Waals surface area contributed by atoms with Gasteiger partial charge in [0.05, 0.1) is 0 Å². The Hall–Kier alpha value is -1.31. The monoisotopic (exact) mass is 306 g/mol. The minimum atomic E-state index is -0.726. The molecule has 2 heteroatoms. The Morgan fingerprint density at radius 3 is 1.77 bits per heavy atom. The molecule has 0 aliphatic heterocycles. The van der Waals surface area contributed by atoms with Crippen molar-refractivity contribution >= 4 is 5.97 Å². The number of rotatable bonds is 15. The van der Waals surface area contributed by atoms with Gasteiger partial charge in [0.2, 0.25) is 0 Å². The summed E-state index contributed by atoms with van der Waals surface area (Å²) in [5.74, 6) is -0.726. The lowest BCUT2D eigenvalue weighted by molar-refractivity contribution is -0.136. The first-order valence-corrected chi connectivity index (χ1v) is 8.94. The second-order valence-electron chi connectivity index (χ2n) is 5.72. The van der Waals surface area contributed by atoms with Crippen molar-refractivity contribution in [3.05, 3.63) is 36.5 Å². The van der Waals surface area contributed by atoms with Crippen LogP contribution in [0.4, 0.5) is 0 Å². The lowest BCUT2D eigenvalue weighted by Gasteiger charge is -1.96. The van der Waals surface area contributed by atoms with Crippen LogP contribution >= 0.6 is 0 Å². The molecule has 0 rings (SSSR count). The van der Waals surface area contributed by atoms with E-state index in [9.17, 15) is 4.79 Å². The van der Waals surface area contributed by atoms with E-state index in [1.54, 1.807) is 0 Å². The van der Waals surface area contributed by atoms with Gasteiger partial charge in [-0.25, -0.2) is 0 Å². The van der Waals surface area contributed by atoms with Gasteiger partial charge in [0.15, 0.2) is 0 Å². The first-order chi connectivity index (χ1) is 10.8. The van der Waals surface area contributed by atoms with Crippen molar-refractivity contribution in [2.45, 2.75) is 84.0 Å². The van der Waals surface area contributed by atoms with E-state index in [0.29, 0.717) is 6.42 Å². The second kappa shape index (κ2) is 17.7. The summed E-state index contributed by atoms with van der Waals surface area (Å²) >= 11 is 0. The van der Waals surface area contributed by atoms with E-state index in [4.69, 9.17) is 5.11 Å². The predicted octanol–water partition coefficient (Wildman–Crippen LogP) is 6.44. The molecule has 0 aromatic rings. The van der Waals surface area contributed by atoms with Gasteiger partial charge in [0, 0.05) is 6.42 Å². The van der Waals surface area contributed by atoms with Crippen LogP contribution in [0.15, 0.2) is 36.5 Å². The number of unbranched alkanes of at least 4 members (excludes halogenated alkanes) is 7. The Morgan fingerprint density at radius 1 is 0.727 bits per heavy atom. The fourth-order valence-electron chi connectivity index (χ4n) is 2.16. The predicted molar refractivity (Wildman–Crippen MR) is 96.1 cm³/mol. The van der Waals surface area contributed by atoms with Crippen LogP contribution in [0.1, 0.15) is 84.0 Å². The zero-order valence-corrected chi connectivity index (χ0v) is 14.3. The standard InChI is InChI=1S/C20H34O2/c1-2-3-4-5-6-7-8-9-10-11-12-13-14-15-16-17-18-19-20(21)22/h6-7,13-14,16-17H,2-5,8-12,15,18-19H2,1H3,(H,21,22). The molecule has 22 heavy (non-hydrogen) atoms. The molecule has 0 radical (unpaired) electrons. The Balaban J connectivity index is 3.25. The second-order valence-corrected chi connectivity index (χ2v) is 5.72. The molecule has 0 aromatic carbocycles. The molecule has 1 N–H and O–H groups in total. The van der Waals surface area contributed by atoms with Gasteiger partial charge < -0.3 is 5.11 Å². The molecule has 0 aliphatic carbocycles. The highest BCUT2D eigenvalue weighted by Crippen LogP contribution is 2.06. The number of hydrogen-bond acceptors (Lipinski definition) is 1. The van der Waals surface area contributed by atoms with Crippen LogP contribution in [0.25, 0.3) is 0 Å². The molecule has 0 bridgehead atoms. The first kappa shape index (κ1) is 20.7. The van der Waals surface area contributed by atoms with E-state index >= 15 is 0 Å². The molecule has 0 amide bonds. The molecule has 0 heterocycles. The molecule has 0 spiro atoms. The number of allylic oxidation sites excluding steroid dienone is 6. The minimum Gasteiger partial charge on any atom is -0.481 e. The van der Waals surface area contributed by atoms with Crippen LogP contribution in [0, 0.1) is 0 Å². The van der Waals surface area contributed by atoms with Crippen LogP contribution in [-0.2, 0) is 4.79 Å². The van der Waals surface area contributed by atoms with Crippen molar-refractivity contribution in [3.63, 3.8) is 0 Å². The molecule has 0 saturated heterocycles. The fourth-order valence-corrected chi connectivity index (χ4v) is 2.16. The fraction of sp³-hybridized carbons (Fsp3) is 0.650. The van der Waals surface area contributed by atoms with Crippen molar-refractivity contribution in [2.24, 2.45) is 0 Å². The topological polar surface area (TPSA) is 37.3 Å². The third-order valence-corrected chi connectivity index (χ3v) is 3.51. The highest BCUT2D eigenvalue weighted by Gasteiger charge is 1.90. The molecule has 0 unspecified atom stereocenters. The quantitative estimate of drug-likeness (QED) is 0.279. The molecule has 0 aromatic heterocycles. The van der Waals surface area contributed by atoms with Gasteiger partial charge in [-0.2, -0.15) is 0 Å². The van der Waals surface area contributed by atoms with Gasteiger partial charge in [-0.05, 0) is 51.4 Å². The molecule has 0 fully saturated rings. The lowest BCUT2D eigenvalue weighted by atomic mass is 10.1. The average molecular weight is 306 g/mol. The van der Waals surface area contributed by atoms with Gasteiger partial charge in [0.25, 0.3) is 0 Å². The largest absolute Gasteiger partial charge is 0.481 e. The molecular formula is C20H34O2. The maximum absolute atomic E-state index is 10.3. The van der Waals surface area contributed by atoms with E-state index in [2.05, 4.69) is 31.2 Å². The zero-order chi connectivity index (χ0) is 16.3. The Morgan fingerprint density at radius 2 is 1.23 bits per heavy atom. The summed E-state index contributed by atoms with van der Waals surface area (Å²) in [4.78, 5) is 10.3. The Kier molecular flexibility index (Phi) is 16.7. The first-order valence-electron chi connectivity index (χ1n) is 8.94. The summed E-state index contributed by atoms with van der Waals surface area (Å²) in [6.45, 7) is 2.24. The lowest BCUT2D eigenvalue weighted by Crippen LogP contribution is -1.91. The van der Waals surface area contributed by atoms with E-state index in [1.165, 1.54) is 51.4 Å². The van der Waals surface area contributed by atoms with E-state index in [1.807, 2.05) is 12.2 Å². The highest BCUT2D eigenvalue weighted by atomic mass is 16.4. The number of carbonyl (C=O) groups is 1. The highest BCUT2D eigenvalue weighted by molar-refractivity contribution is 5.66. The summed E-state index contributed by atoms with van der Waals surface area (Å²) in [6.07, 6.45) is 26.4. The van der Waals surface area contributed by atoms with Gasteiger partial charge in [0.1, 0.15) is 0 Å². The van der Waals surface area contributed by atoms with Crippen molar-refractivity contribution in [2.75, 3.05) is 0 Å². The molecule has 0 aliphatic rings. The number of aliphatic carboxylic acids is 1. The Labute approximate surface area is 137 Å². The van der Waals surface area contributed by atoms with Crippen LogP contribution in [0.3, 0.4) is 0 Å². The van der Waals surface area contributed by atoms with Crippen molar-refractivity contribution in [1.82, 2.24) is 0 Å². The maximum atomic E-state index is 10.3. The minimum absolute atomic E-state index is 0.229. The van der Waals surface area contributed by atoms with Crippen molar-refractivity contribution in [1.29, 1.82) is 0 Å². The number of hydrogen-bond donors (Lipinski definition) is 1. The molecular weight excluding hydrogens is 272 g/mol. The summed E-state index contributed by atoms with van der Waals surface area (Å²) in [5, 5.41) is 8.49. The van der Waals surface area contributed by atoms with Crippen molar-refractivity contribution < 1.29 is 9.90 Å². The normalized spacial score (nSPS) is 12.0. The molecule has 126 valence electrons. The van der Waals surface area contributed by atoms with Gasteiger partial charge >= 0.3 is 5.97 Å². The van der Waals surface area contributed by atoms with E-state index < -0.39 is 5.97 Å². The van der Waals surface area contributed by atoms with E-state index in [0.717, 1.165) is 12.8 Å². The van der Waals surface area contributed by atoms with Gasteiger partial charge in [-0.1, -0.05) is 62.6 Å². The summed E-state index contributed by atoms with van der Waals surface area (Å²) in [5.41, 5.74) is 0. The SMILES string of the molecule is CCCCCC=CCCCCCC=CCC=CCCC(=O)O. The van der Waals surface area contributed by atoms with Crippen LogP contribution in [0.2, 0.25) is 0 Å². The van der Waals surface area contributed by atoms with Crippen LogP contribution in [-0.4, -0.2) is 11.1 Å². The number of carboxylic acids is 1. The molecule has 2 nitrogen and oxygen atoms in total. The zero-order valence-electron chi connectivity index (χ0n) is 14.3. The van der Waals surface area contributed by atoms with Crippen LogP contribution < -0.4 is 0 Å². The van der Waals surface area contributed by atoms with Crippen molar-refractivity contribution in [3.8, 4) is 0 Å².